The molecule has 0 atom stereocenters. The zero-order valence-corrected chi connectivity index (χ0v) is 34.6. The standard InChI is InChI=1S/C57H51N3/c1-57(2,44-32-38-49(39-33-44)58(46-20-9-4-10-21-46)47-22-11-5-12-23-47)45-34-40-51(41-35-45)59(50-36-30-43(31-37-50)42-18-7-3-8-19-42)54-28-17-29-55-56(54)52-26-15-16-27-53(52)60(55)48-24-13-6-14-25-48/h4-6,9-17,20-42H,3,7-8,18-19H2,1-2H3. The third-order valence-corrected chi connectivity index (χ3v) is 12.9. The van der Waals surface area contributed by atoms with Gasteiger partial charge in [-0.05, 0) is 126 Å². The Hall–Kier alpha value is -6.84. The minimum absolute atomic E-state index is 0.225. The number of hydrogen-bond acceptors (Lipinski definition) is 2. The highest BCUT2D eigenvalue weighted by atomic mass is 15.2. The summed E-state index contributed by atoms with van der Waals surface area (Å²) in [6, 6.07) is 75.5. The molecule has 0 N–H and O–H groups in total. The van der Waals surface area contributed by atoms with E-state index in [9.17, 15) is 0 Å². The van der Waals surface area contributed by atoms with Crippen LogP contribution in [0, 0.1) is 0 Å². The number of fused-ring (bicyclic) bond motifs is 3. The first-order valence-electron chi connectivity index (χ1n) is 21.6. The summed E-state index contributed by atoms with van der Waals surface area (Å²) in [4.78, 5) is 4.79. The van der Waals surface area contributed by atoms with Crippen LogP contribution in [0.4, 0.5) is 34.1 Å². The van der Waals surface area contributed by atoms with Gasteiger partial charge in [-0.2, -0.15) is 0 Å². The highest BCUT2D eigenvalue weighted by Gasteiger charge is 2.26. The number of aromatic nitrogens is 1. The molecule has 10 rings (SSSR count). The highest BCUT2D eigenvalue weighted by molar-refractivity contribution is 6.16. The summed E-state index contributed by atoms with van der Waals surface area (Å²) in [5.74, 6) is 0.656. The molecule has 1 fully saturated rings. The molecular weight excluding hydrogens is 727 g/mol. The fourth-order valence-corrected chi connectivity index (χ4v) is 9.62. The number of para-hydroxylation sites is 4. The Morgan fingerprint density at radius 2 is 0.883 bits per heavy atom. The van der Waals surface area contributed by atoms with Gasteiger partial charge in [-0.1, -0.05) is 148 Å². The van der Waals surface area contributed by atoms with Crippen LogP contribution in [0.3, 0.4) is 0 Å². The third kappa shape index (κ3) is 6.94. The molecule has 0 aliphatic heterocycles. The van der Waals surface area contributed by atoms with E-state index >= 15 is 0 Å². The van der Waals surface area contributed by atoms with Gasteiger partial charge in [0.15, 0.2) is 0 Å². The van der Waals surface area contributed by atoms with E-state index in [-0.39, 0.29) is 5.41 Å². The minimum atomic E-state index is -0.225. The predicted octanol–water partition coefficient (Wildman–Crippen LogP) is 16.1. The number of nitrogens with zero attached hydrogens (tertiary/aromatic N) is 3. The van der Waals surface area contributed by atoms with Crippen molar-refractivity contribution in [3.63, 3.8) is 0 Å². The second-order valence-corrected chi connectivity index (χ2v) is 16.8. The molecule has 294 valence electrons. The van der Waals surface area contributed by atoms with Crippen LogP contribution >= 0.6 is 0 Å². The van der Waals surface area contributed by atoms with Gasteiger partial charge >= 0.3 is 0 Å². The van der Waals surface area contributed by atoms with Crippen LogP contribution in [0.1, 0.15) is 68.6 Å². The van der Waals surface area contributed by atoms with Gasteiger partial charge in [0.05, 0.1) is 16.7 Å². The molecule has 0 spiro atoms. The molecule has 60 heavy (non-hydrogen) atoms. The highest BCUT2D eigenvalue weighted by Crippen LogP contribution is 2.45. The van der Waals surface area contributed by atoms with Gasteiger partial charge in [0.1, 0.15) is 0 Å². The van der Waals surface area contributed by atoms with Crippen LogP contribution in [-0.4, -0.2) is 4.57 Å². The second kappa shape index (κ2) is 16.1. The Morgan fingerprint density at radius 3 is 1.47 bits per heavy atom. The molecule has 0 amide bonds. The van der Waals surface area contributed by atoms with Gasteiger partial charge < -0.3 is 14.4 Å². The van der Waals surface area contributed by atoms with Crippen LogP contribution in [-0.2, 0) is 5.41 Å². The van der Waals surface area contributed by atoms with Crippen LogP contribution in [0.5, 0.6) is 0 Å². The molecule has 0 saturated heterocycles. The Bertz CT molecular complexity index is 2800. The fourth-order valence-electron chi connectivity index (χ4n) is 9.62. The monoisotopic (exact) mass is 777 g/mol. The summed E-state index contributed by atoms with van der Waals surface area (Å²) < 4.78 is 2.41. The molecular formula is C57H51N3. The summed E-state index contributed by atoms with van der Waals surface area (Å²) in [5.41, 5.74) is 14.2. The van der Waals surface area contributed by atoms with Gasteiger partial charge in [0.25, 0.3) is 0 Å². The Morgan fingerprint density at radius 1 is 0.417 bits per heavy atom. The summed E-state index contributed by atoms with van der Waals surface area (Å²) >= 11 is 0. The van der Waals surface area contributed by atoms with Crippen molar-refractivity contribution < 1.29 is 0 Å². The van der Waals surface area contributed by atoms with E-state index in [1.54, 1.807) is 0 Å². The van der Waals surface area contributed by atoms with Gasteiger partial charge in [0.2, 0.25) is 0 Å². The molecule has 0 bridgehead atoms. The quantitative estimate of drug-likeness (QED) is 0.137. The average molecular weight is 778 g/mol. The number of rotatable bonds is 10. The topological polar surface area (TPSA) is 11.4 Å². The SMILES string of the molecule is CC(C)(c1ccc(N(c2ccccc2)c2ccccc2)cc1)c1ccc(N(c2ccc(C3CCCCC3)cc2)c2cccc3c2c2ccccc2n3-c2ccccc2)cc1. The second-order valence-electron chi connectivity index (χ2n) is 16.8. The van der Waals surface area contributed by atoms with Crippen molar-refractivity contribution in [2.45, 2.75) is 57.3 Å². The third-order valence-electron chi connectivity index (χ3n) is 12.9. The lowest BCUT2D eigenvalue weighted by Crippen LogP contribution is -2.19. The maximum atomic E-state index is 2.47. The number of benzene rings is 8. The molecule has 1 aromatic heterocycles. The first-order chi connectivity index (χ1) is 29.5. The molecule has 8 aromatic carbocycles. The molecule has 1 aliphatic carbocycles. The lowest BCUT2D eigenvalue weighted by atomic mass is 9.78. The van der Waals surface area contributed by atoms with E-state index in [1.807, 2.05) is 0 Å². The van der Waals surface area contributed by atoms with E-state index in [0.717, 1.165) is 28.4 Å². The van der Waals surface area contributed by atoms with Crippen molar-refractivity contribution in [2.75, 3.05) is 9.80 Å². The van der Waals surface area contributed by atoms with Crippen molar-refractivity contribution >= 4 is 55.9 Å². The van der Waals surface area contributed by atoms with Crippen molar-refractivity contribution in [3.8, 4) is 5.69 Å². The molecule has 0 unspecified atom stereocenters. The summed E-state index contributed by atoms with van der Waals surface area (Å²) in [7, 11) is 0. The Balaban J connectivity index is 1.05. The first-order valence-corrected chi connectivity index (χ1v) is 21.6. The van der Waals surface area contributed by atoms with Gasteiger partial charge in [0, 0.05) is 50.3 Å². The molecule has 1 saturated carbocycles. The van der Waals surface area contributed by atoms with Gasteiger partial charge in [-0.15, -0.1) is 0 Å². The predicted molar refractivity (Wildman–Crippen MR) is 255 cm³/mol. The molecule has 0 radical (unpaired) electrons. The van der Waals surface area contributed by atoms with Crippen molar-refractivity contribution in [1.29, 1.82) is 0 Å². The maximum Gasteiger partial charge on any atom is 0.0562 e. The maximum absolute atomic E-state index is 2.47. The van der Waals surface area contributed by atoms with Gasteiger partial charge in [-0.3, -0.25) is 0 Å². The first kappa shape index (κ1) is 37.4. The van der Waals surface area contributed by atoms with Crippen LogP contribution in [0.25, 0.3) is 27.5 Å². The average Bonchev–Trinajstić information content (AvgIpc) is 3.66. The Kier molecular flexibility index (Phi) is 10.0. The summed E-state index contributed by atoms with van der Waals surface area (Å²) in [6.07, 6.45) is 6.61. The van der Waals surface area contributed by atoms with E-state index in [0.29, 0.717) is 5.92 Å². The Labute approximate surface area is 354 Å². The molecule has 3 heteroatoms. The normalized spacial score (nSPS) is 13.4. The summed E-state index contributed by atoms with van der Waals surface area (Å²) in [6.45, 7) is 4.67. The molecule has 9 aromatic rings. The lowest BCUT2D eigenvalue weighted by molar-refractivity contribution is 0.443. The van der Waals surface area contributed by atoms with E-state index < -0.39 is 0 Å². The van der Waals surface area contributed by atoms with Crippen molar-refractivity contribution in [2.24, 2.45) is 0 Å². The molecule has 3 nitrogen and oxygen atoms in total. The van der Waals surface area contributed by atoms with E-state index in [1.165, 1.54) is 82.0 Å². The largest absolute Gasteiger partial charge is 0.311 e. The van der Waals surface area contributed by atoms with E-state index in [4.69, 9.17) is 0 Å². The zero-order chi connectivity index (χ0) is 40.5. The minimum Gasteiger partial charge on any atom is -0.311 e. The number of anilines is 6. The van der Waals surface area contributed by atoms with Crippen LogP contribution in [0.15, 0.2) is 206 Å². The van der Waals surface area contributed by atoms with Crippen LogP contribution < -0.4 is 9.80 Å². The summed E-state index contributed by atoms with van der Waals surface area (Å²) in [5, 5.41) is 2.49. The zero-order valence-electron chi connectivity index (χ0n) is 34.6. The van der Waals surface area contributed by atoms with Gasteiger partial charge in [-0.25, -0.2) is 0 Å². The van der Waals surface area contributed by atoms with Crippen molar-refractivity contribution in [3.05, 3.63) is 223 Å². The van der Waals surface area contributed by atoms with Crippen molar-refractivity contribution in [1.82, 2.24) is 4.57 Å². The fraction of sp³-hybridized carbons (Fsp3) is 0.158. The lowest BCUT2D eigenvalue weighted by Gasteiger charge is -2.30. The molecule has 1 aliphatic rings. The van der Waals surface area contributed by atoms with Crippen LogP contribution in [0.2, 0.25) is 0 Å². The molecule has 1 heterocycles. The smallest absolute Gasteiger partial charge is 0.0562 e. The number of hydrogen-bond donors (Lipinski definition) is 0. The van der Waals surface area contributed by atoms with E-state index in [2.05, 4.69) is 234 Å².